The number of rotatable bonds is 0. The number of fused-ring (bicyclic) bond motifs is 6. The van der Waals surface area contributed by atoms with E-state index in [0.717, 1.165) is 42.1 Å². The number of imidazole rings is 2. The van der Waals surface area contributed by atoms with Crippen LogP contribution < -0.4 is 5.56 Å². The summed E-state index contributed by atoms with van der Waals surface area (Å²) in [6.45, 7) is 4.01. The lowest BCUT2D eigenvalue weighted by molar-refractivity contribution is 1.16. The van der Waals surface area contributed by atoms with Crippen LogP contribution in [-0.2, 0) is 0 Å². The fraction of sp³-hybridized carbons (Fsp3) is 0.0909. The Morgan fingerprint density at radius 2 is 1.47 bits per heavy atom. The van der Waals surface area contributed by atoms with Gasteiger partial charge in [-0.25, -0.2) is 15.0 Å². The number of benzene rings is 2. The highest BCUT2D eigenvalue weighted by Crippen LogP contribution is 2.26. The molecule has 32 heavy (non-hydrogen) atoms. The summed E-state index contributed by atoms with van der Waals surface area (Å²) in [5.74, 6) is 0. The van der Waals surface area contributed by atoms with Crippen molar-refractivity contribution in [3.63, 3.8) is 0 Å². The largest absolute Gasteiger partial charge is 0.317 e. The van der Waals surface area contributed by atoms with E-state index in [-0.39, 0.29) is 5.56 Å². The minimum Gasteiger partial charge on any atom is -0.317 e. The highest BCUT2D eigenvalue weighted by molar-refractivity contribution is 9.10. The Morgan fingerprint density at radius 1 is 0.875 bits per heavy atom. The van der Waals surface area contributed by atoms with Crippen LogP contribution in [-0.4, -0.2) is 28.7 Å². The summed E-state index contributed by atoms with van der Waals surface area (Å²) < 4.78 is 5.80. The van der Waals surface area contributed by atoms with Gasteiger partial charge in [-0.05, 0) is 49.2 Å². The van der Waals surface area contributed by atoms with E-state index in [0.29, 0.717) is 16.4 Å². The number of nitrogens with one attached hydrogen (secondary N) is 1. The number of nitrogens with zero attached hydrogens (tertiary/aromatic N) is 5. The Hall–Kier alpha value is -2.75. The van der Waals surface area contributed by atoms with E-state index in [4.69, 9.17) is 11.6 Å². The van der Waals surface area contributed by atoms with E-state index < -0.39 is 0 Å². The van der Waals surface area contributed by atoms with Crippen LogP contribution in [0.5, 0.6) is 0 Å². The zero-order valence-corrected chi connectivity index (χ0v) is 20.8. The highest BCUT2D eigenvalue weighted by Gasteiger charge is 2.09. The standard InChI is InChI=1S/C11H7BrClN3.C11H8BrN3O/c1-6-4-8-9(5-7(6)12)16-3-2-14-11(16)10(13)15-8;1-6-4-8-9(5-7(6)12)15-3-2-13-10(15)11(16)14-8/h2-5H,1H3;2-5H,1H3,(H,14,16). The Morgan fingerprint density at radius 3 is 2.19 bits per heavy atom. The van der Waals surface area contributed by atoms with Crippen molar-refractivity contribution in [1.82, 2.24) is 28.7 Å². The van der Waals surface area contributed by atoms with Crippen LogP contribution in [0.15, 0.2) is 62.8 Å². The van der Waals surface area contributed by atoms with Crippen molar-refractivity contribution in [2.24, 2.45) is 0 Å². The summed E-state index contributed by atoms with van der Waals surface area (Å²) in [7, 11) is 0. The summed E-state index contributed by atoms with van der Waals surface area (Å²) in [5, 5.41) is 0.430. The average Bonchev–Trinajstić information content (AvgIpc) is 3.43. The van der Waals surface area contributed by atoms with Gasteiger partial charge in [0.2, 0.25) is 5.65 Å². The van der Waals surface area contributed by atoms with Gasteiger partial charge in [0.15, 0.2) is 10.8 Å². The molecule has 160 valence electrons. The van der Waals surface area contributed by atoms with Crippen LogP contribution in [0.4, 0.5) is 0 Å². The Balaban J connectivity index is 0.000000135. The maximum atomic E-state index is 11.7. The molecule has 0 atom stereocenters. The smallest absolute Gasteiger partial charge is 0.292 e. The molecular formula is C22H15Br2ClN6O. The Kier molecular flexibility index (Phi) is 5.27. The van der Waals surface area contributed by atoms with Gasteiger partial charge in [0.05, 0.1) is 22.1 Å². The van der Waals surface area contributed by atoms with Gasteiger partial charge in [0.1, 0.15) is 0 Å². The van der Waals surface area contributed by atoms with Crippen molar-refractivity contribution < 1.29 is 0 Å². The molecule has 0 saturated carbocycles. The maximum absolute atomic E-state index is 11.7. The summed E-state index contributed by atoms with van der Waals surface area (Å²) in [6.07, 6.45) is 7.01. The molecule has 0 fully saturated rings. The molecule has 0 radical (unpaired) electrons. The van der Waals surface area contributed by atoms with Crippen LogP contribution in [0.2, 0.25) is 5.15 Å². The van der Waals surface area contributed by atoms with Gasteiger partial charge in [0, 0.05) is 33.7 Å². The predicted octanol–water partition coefficient (Wildman–Crippen LogP) is 5.85. The summed E-state index contributed by atoms with van der Waals surface area (Å²) in [4.78, 5) is 27.1. The summed E-state index contributed by atoms with van der Waals surface area (Å²) >= 11 is 13.1. The third-order valence-electron chi connectivity index (χ3n) is 5.19. The summed E-state index contributed by atoms with van der Waals surface area (Å²) in [5.41, 5.74) is 6.77. The Labute approximate surface area is 203 Å². The molecule has 2 aromatic carbocycles. The lowest BCUT2D eigenvalue weighted by Crippen LogP contribution is -2.10. The third kappa shape index (κ3) is 3.50. The predicted molar refractivity (Wildman–Crippen MR) is 134 cm³/mol. The molecule has 10 heteroatoms. The monoisotopic (exact) mass is 572 g/mol. The molecule has 7 nitrogen and oxygen atoms in total. The van der Waals surface area contributed by atoms with Gasteiger partial charge >= 0.3 is 0 Å². The molecule has 0 saturated heterocycles. The zero-order valence-electron chi connectivity index (χ0n) is 16.9. The topological polar surface area (TPSA) is 80.3 Å². The number of aromatic nitrogens is 6. The first kappa shape index (κ1) is 21.1. The second-order valence-corrected chi connectivity index (χ2v) is 9.37. The van der Waals surface area contributed by atoms with E-state index in [1.54, 1.807) is 23.0 Å². The van der Waals surface area contributed by atoms with Gasteiger partial charge in [-0.3, -0.25) is 13.6 Å². The molecule has 0 unspecified atom stereocenters. The molecule has 4 aromatic heterocycles. The number of aromatic amines is 1. The normalized spacial score (nSPS) is 11.4. The number of aryl methyl sites for hydroxylation is 2. The molecule has 6 rings (SSSR count). The van der Waals surface area contributed by atoms with E-state index in [9.17, 15) is 4.79 Å². The molecule has 0 aliphatic rings. The minimum atomic E-state index is -0.167. The van der Waals surface area contributed by atoms with Gasteiger partial charge in [0.25, 0.3) is 5.56 Å². The fourth-order valence-electron chi connectivity index (χ4n) is 3.56. The van der Waals surface area contributed by atoms with Gasteiger partial charge in [-0.1, -0.05) is 43.5 Å². The first-order valence-electron chi connectivity index (χ1n) is 9.57. The number of hydrogen-bond donors (Lipinski definition) is 1. The van der Waals surface area contributed by atoms with Crippen LogP contribution in [0, 0.1) is 13.8 Å². The summed E-state index contributed by atoms with van der Waals surface area (Å²) in [6, 6.07) is 7.96. The van der Waals surface area contributed by atoms with Crippen molar-refractivity contribution in [2.45, 2.75) is 13.8 Å². The SMILES string of the molecule is Cc1cc2[nH]c(=O)c3nccn3c2cc1Br.Cc1cc2nc(Cl)c3nccn3c2cc1Br. The van der Waals surface area contributed by atoms with Crippen LogP contribution in [0.1, 0.15) is 11.1 Å². The lowest BCUT2D eigenvalue weighted by Gasteiger charge is -2.05. The zero-order chi connectivity index (χ0) is 22.6. The fourth-order valence-corrected chi connectivity index (χ4v) is 4.45. The molecule has 6 aromatic rings. The first-order valence-corrected chi connectivity index (χ1v) is 11.5. The molecule has 1 N–H and O–H groups in total. The number of halogens is 3. The van der Waals surface area contributed by atoms with E-state index in [1.807, 2.05) is 48.7 Å². The minimum absolute atomic E-state index is 0.167. The van der Waals surface area contributed by atoms with Crippen molar-refractivity contribution in [3.05, 3.63) is 84.6 Å². The second-order valence-electron chi connectivity index (χ2n) is 7.31. The molecule has 0 bridgehead atoms. The lowest BCUT2D eigenvalue weighted by atomic mass is 10.2. The molecular weight excluding hydrogens is 560 g/mol. The molecule has 0 spiro atoms. The van der Waals surface area contributed by atoms with Gasteiger partial charge in [-0.2, -0.15) is 0 Å². The first-order chi connectivity index (χ1) is 15.3. The Bertz CT molecular complexity index is 1720. The number of H-pyrrole nitrogens is 1. The third-order valence-corrected chi connectivity index (χ3v) is 7.15. The molecule has 4 heterocycles. The van der Waals surface area contributed by atoms with E-state index in [1.165, 1.54) is 0 Å². The van der Waals surface area contributed by atoms with E-state index in [2.05, 4.69) is 51.8 Å². The highest BCUT2D eigenvalue weighted by atomic mass is 79.9. The molecule has 0 amide bonds. The quantitative estimate of drug-likeness (QED) is 0.247. The number of hydrogen-bond acceptors (Lipinski definition) is 4. The maximum Gasteiger partial charge on any atom is 0.292 e. The van der Waals surface area contributed by atoms with E-state index >= 15 is 0 Å². The van der Waals surface area contributed by atoms with Crippen molar-refractivity contribution >= 4 is 76.8 Å². The molecule has 0 aliphatic heterocycles. The van der Waals surface area contributed by atoms with Crippen molar-refractivity contribution in [2.75, 3.05) is 0 Å². The second kappa shape index (κ2) is 7.99. The van der Waals surface area contributed by atoms with Crippen LogP contribution >= 0.6 is 43.5 Å². The van der Waals surface area contributed by atoms with Crippen LogP contribution in [0.25, 0.3) is 33.4 Å². The van der Waals surface area contributed by atoms with Gasteiger partial charge in [-0.15, -0.1) is 0 Å². The van der Waals surface area contributed by atoms with Crippen molar-refractivity contribution in [1.29, 1.82) is 0 Å². The molecule has 0 aliphatic carbocycles. The average molecular weight is 575 g/mol. The van der Waals surface area contributed by atoms with Crippen molar-refractivity contribution in [3.8, 4) is 0 Å². The van der Waals surface area contributed by atoms with Gasteiger partial charge < -0.3 is 4.98 Å². The van der Waals surface area contributed by atoms with Crippen LogP contribution in [0.3, 0.4) is 0 Å².